The molecule has 0 heterocycles. The van der Waals surface area contributed by atoms with Gasteiger partial charge >= 0.3 is 5.97 Å². The average molecular weight is 219 g/mol. The number of hydrogen-bond acceptors (Lipinski definition) is 4. The highest BCUT2D eigenvalue weighted by Gasteiger charge is 2.19. The monoisotopic (exact) mass is 219 g/mol. The largest absolute Gasteiger partial charge is 0.497 e. The summed E-state index contributed by atoms with van der Waals surface area (Å²) in [5, 5.41) is 3.85. The predicted octanol–water partition coefficient (Wildman–Crippen LogP) is 1.91. The summed E-state index contributed by atoms with van der Waals surface area (Å²) in [6.45, 7) is 1.34. The molecule has 0 N–H and O–H groups in total. The molecule has 1 aliphatic rings. The molecular formula is C12H13NO3. The molecule has 1 aromatic rings. The number of aryl methyl sites for hydroxylation is 1. The van der Waals surface area contributed by atoms with E-state index in [4.69, 9.17) is 4.74 Å². The molecule has 0 atom stereocenters. The van der Waals surface area contributed by atoms with Gasteiger partial charge in [0.15, 0.2) is 0 Å². The molecule has 16 heavy (non-hydrogen) atoms. The lowest BCUT2D eigenvalue weighted by atomic mass is 10.1. The number of methoxy groups -OCH3 is 1. The highest BCUT2D eigenvalue weighted by molar-refractivity contribution is 6.04. The van der Waals surface area contributed by atoms with Gasteiger partial charge in [0, 0.05) is 12.5 Å². The first-order chi connectivity index (χ1) is 7.70. The molecule has 0 bridgehead atoms. The average Bonchev–Trinajstić information content (AvgIpc) is 2.68. The lowest BCUT2D eigenvalue weighted by Gasteiger charge is -2.03. The Hall–Kier alpha value is -1.84. The smallest absolute Gasteiger partial charge is 0.331 e. The van der Waals surface area contributed by atoms with Crippen LogP contribution in [-0.2, 0) is 16.1 Å². The van der Waals surface area contributed by atoms with Gasteiger partial charge in [-0.25, -0.2) is 4.79 Å². The third-order valence-electron chi connectivity index (χ3n) is 2.54. The number of benzene rings is 1. The maximum Gasteiger partial charge on any atom is 0.331 e. The molecule has 0 saturated heterocycles. The molecule has 0 saturated carbocycles. The highest BCUT2D eigenvalue weighted by Crippen LogP contribution is 2.26. The van der Waals surface area contributed by atoms with Crippen molar-refractivity contribution in [3.63, 3.8) is 0 Å². The van der Waals surface area contributed by atoms with Crippen molar-refractivity contribution >= 4 is 11.7 Å². The molecule has 0 aliphatic heterocycles. The van der Waals surface area contributed by atoms with Crippen LogP contribution in [0, 0.1) is 0 Å². The molecule has 0 amide bonds. The zero-order valence-corrected chi connectivity index (χ0v) is 9.32. The van der Waals surface area contributed by atoms with E-state index in [0.717, 1.165) is 29.9 Å². The van der Waals surface area contributed by atoms with Gasteiger partial charge in [0.1, 0.15) is 5.75 Å². The third-order valence-corrected chi connectivity index (χ3v) is 2.54. The molecule has 4 heteroatoms. The highest BCUT2D eigenvalue weighted by atomic mass is 16.7. The second-order valence-electron chi connectivity index (χ2n) is 3.64. The van der Waals surface area contributed by atoms with Crippen LogP contribution in [0.25, 0.3) is 0 Å². The van der Waals surface area contributed by atoms with Crippen LogP contribution < -0.4 is 4.74 Å². The zero-order chi connectivity index (χ0) is 11.5. The minimum absolute atomic E-state index is 0.399. The van der Waals surface area contributed by atoms with Crippen LogP contribution in [0.3, 0.4) is 0 Å². The maximum absolute atomic E-state index is 10.7. The van der Waals surface area contributed by atoms with E-state index in [9.17, 15) is 4.79 Å². The molecule has 2 rings (SSSR count). The van der Waals surface area contributed by atoms with Gasteiger partial charge in [-0.15, -0.1) is 0 Å². The number of ether oxygens (including phenoxy) is 1. The van der Waals surface area contributed by atoms with Crippen LogP contribution >= 0.6 is 0 Å². The van der Waals surface area contributed by atoms with Gasteiger partial charge in [-0.05, 0) is 30.5 Å². The quantitative estimate of drug-likeness (QED) is 0.564. The summed E-state index contributed by atoms with van der Waals surface area (Å²) in [7, 11) is 1.62. The number of nitrogens with zero attached hydrogens (tertiary/aromatic N) is 1. The number of carbonyl (C=O) groups excluding carboxylic acids is 1. The number of carbonyl (C=O) groups is 1. The Morgan fingerprint density at radius 1 is 1.38 bits per heavy atom. The van der Waals surface area contributed by atoms with Gasteiger partial charge in [0.25, 0.3) is 0 Å². The van der Waals surface area contributed by atoms with Crippen LogP contribution in [0.2, 0.25) is 0 Å². The summed E-state index contributed by atoms with van der Waals surface area (Å²) in [6.07, 6.45) is 1.73. The molecule has 1 aliphatic carbocycles. The van der Waals surface area contributed by atoms with Gasteiger partial charge in [0.05, 0.1) is 12.8 Å². The summed E-state index contributed by atoms with van der Waals surface area (Å²) in [5.41, 5.74) is 3.04. The Balaban J connectivity index is 2.30. The van der Waals surface area contributed by atoms with Gasteiger partial charge in [-0.2, -0.15) is 0 Å². The number of oxime groups is 1. The van der Waals surface area contributed by atoms with E-state index in [1.165, 1.54) is 12.5 Å². The first-order valence-corrected chi connectivity index (χ1v) is 5.12. The fraction of sp³-hybridized carbons (Fsp3) is 0.333. The van der Waals surface area contributed by atoms with Gasteiger partial charge in [-0.3, -0.25) is 0 Å². The van der Waals surface area contributed by atoms with Crippen molar-refractivity contribution in [3.8, 4) is 5.75 Å². The van der Waals surface area contributed by atoms with Crippen molar-refractivity contribution in [2.24, 2.45) is 5.16 Å². The summed E-state index contributed by atoms with van der Waals surface area (Å²) >= 11 is 0. The molecular weight excluding hydrogens is 206 g/mol. The van der Waals surface area contributed by atoms with Crippen molar-refractivity contribution in [1.82, 2.24) is 0 Å². The van der Waals surface area contributed by atoms with E-state index in [1.54, 1.807) is 7.11 Å². The molecule has 4 nitrogen and oxygen atoms in total. The first-order valence-electron chi connectivity index (χ1n) is 5.12. The van der Waals surface area contributed by atoms with Crippen LogP contribution in [0.15, 0.2) is 23.4 Å². The van der Waals surface area contributed by atoms with Crippen LogP contribution in [0.5, 0.6) is 5.75 Å². The van der Waals surface area contributed by atoms with E-state index in [-0.39, 0.29) is 0 Å². The Labute approximate surface area is 93.9 Å². The van der Waals surface area contributed by atoms with E-state index in [2.05, 4.69) is 9.99 Å². The van der Waals surface area contributed by atoms with E-state index < -0.39 is 5.97 Å². The fourth-order valence-corrected chi connectivity index (χ4v) is 1.77. The SMILES string of the molecule is COc1ccc2c(c1)/C(=N\OC(C)=O)CC2. The standard InChI is InChI=1S/C12H13NO3/c1-8(14)16-13-12-6-4-9-3-5-10(15-2)7-11(9)12/h3,5,7H,4,6H2,1-2H3/b13-12-. The van der Waals surface area contributed by atoms with Gasteiger partial charge in [0.2, 0.25) is 0 Å². The second-order valence-corrected chi connectivity index (χ2v) is 3.64. The summed E-state index contributed by atoms with van der Waals surface area (Å²) < 4.78 is 5.15. The molecule has 0 aromatic heterocycles. The Bertz CT molecular complexity index is 452. The predicted molar refractivity (Wildman–Crippen MR) is 59.6 cm³/mol. The van der Waals surface area contributed by atoms with Crippen LogP contribution in [0.1, 0.15) is 24.5 Å². The van der Waals surface area contributed by atoms with Gasteiger partial charge in [-0.1, -0.05) is 11.2 Å². The van der Waals surface area contributed by atoms with Crippen molar-refractivity contribution < 1.29 is 14.4 Å². The minimum Gasteiger partial charge on any atom is -0.497 e. The van der Waals surface area contributed by atoms with Crippen molar-refractivity contribution in [2.75, 3.05) is 7.11 Å². The second kappa shape index (κ2) is 4.35. The van der Waals surface area contributed by atoms with E-state index in [1.807, 2.05) is 18.2 Å². The van der Waals surface area contributed by atoms with Crippen molar-refractivity contribution in [1.29, 1.82) is 0 Å². The van der Waals surface area contributed by atoms with Gasteiger partial charge < -0.3 is 9.57 Å². The van der Waals surface area contributed by atoms with Crippen molar-refractivity contribution in [3.05, 3.63) is 29.3 Å². The van der Waals surface area contributed by atoms with Crippen LogP contribution in [-0.4, -0.2) is 18.8 Å². The Morgan fingerprint density at radius 3 is 2.88 bits per heavy atom. The summed E-state index contributed by atoms with van der Waals surface area (Å²) in [6, 6.07) is 5.86. The van der Waals surface area contributed by atoms with Crippen molar-refractivity contribution in [2.45, 2.75) is 19.8 Å². The molecule has 84 valence electrons. The summed E-state index contributed by atoms with van der Waals surface area (Å²) in [5.74, 6) is 0.389. The minimum atomic E-state index is -0.399. The number of hydrogen-bond donors (Lipinski definition) is 0. The molecule has 0 fully saturated rings. The molecule has 0 radical (unpaired) electrons. The Kier molecular flexibility index (Phi) is 2.90. The topological polar surface area (TPSA) is 47.9 Å². The molecule has 0 unspecified atom stereocenters. The molecule has 1 aromatic carbocycles. The first kappa shape index (κ1) is 10.7. The normalized spacial score (nSPS) is 16.0. The lowest BCUT2D eigenvalue weighted by molar-refractivity contribution is -0.140. The zero-order valence-electron chi connectivity index (χ0n) is 9.32. The van der Waals surface area contributed by atoms with Crippen LogP contribution in [0.4, 0.5) is 0 Å². The number of fused-ring (bicyclic) bond motifs is 1. The number of rotatable bonds is 2. The maximum atomic E-state index is 10.7. The fourth-order valence-electron chi connectivity index (χ4n) is 1.77. The van der Waals surface area contributed by atoms with E-state index in [0.29, 0.717) is 0 Å². The Morgan fingerprint density at radius 2 is 2.19 bits per heavy atom. The third kappa shape index (κ3) is 2.05. The van der Waals surface area contributed by atoms with E-state index >= 15 is 0 Å². The lowest BCUT2D eigenvalue weighted by Crippen LogP contribution is -1.99. The summed E-state index contributed by atoms with van der Waals surface area (Å²) in [4.78, 5) is 15.3. The molecule has 0 spiro atoms.